The lowest BCUT2D eigenvalue weighted by Gasteiger charge is -2.56. The Morgan fingerprint density at radius 3 is 2.16 bits per heavy atom. The van der Waals surface area contributed by atoms with Crippen molar-refractivity contribution in [2.45, 2.75) is 65.0 Å². The normalized spacial score (nSPS) is 29.3. The molecular formula is C28H36N2O2. The van der Waals surface area contributed by atoms with Crippen LogP contribution in [0.2, 0.25) is 0 Å². The first-order valence-corrected chi connectivity index (χ1v) is 12.4. The van der Waals surface area contributed by atoms with Crippen LogP contribution in [0.25, 0.3) is 10.8 Å². The number of benzene rings is 2. The number of hydrogen-bond acceptors (Lipinski definition) is 2. The number of likely N-dealkylation sites (N-methyl/N-ethyl adjacent to an activating group) is 1. The molecule has 4 aliphatic rings. The van der Waals surface area contributed by atoms with E-state index in [0.29, 0.717) is 6.54 Å². The van der Waals surface area contributed by atoms with E-state index in [1.54, 1.807) is 4.90 Å². The molecule has 2 amide bonds. The molecule has 0 heterocycles. The first kappa shape index (κ1) is 21.5. The molecule has 1 atom stereocenters. The Morgan fingerprint density at radius 2 is 1.56 bits per heavy atom. The molecule has 4 saturated carbocycles. The van der Waals surface area contributed by atoms with Crippen molar-refractivity contribution in [3.63, 3.8) is 0 Å². The Kier molecular flexibility index (Phi) is 5.51. The number of rotatable bonds is 6. The summed E-state index contributed by atoms with van der Waals surface area (Å²) in [5, 5.41) is 5.62. The van der Waals surface area contributed by atoms with Gasteiger partial charge in [-0.05, 0) is 84.6 Å². The molecule has 0 radical (unpaired) electrons. The lowest BCUT2D eigenvalue weighted by atomic mass is 9.49. The summed E-state index contributed by atoms with van der Waals surface area (Å²) in [5.41, 5.74) is 0.883. The third-order valence-electron chi connectivity index (χ3n) is 8.35. The van der Waals surface area contributed by atoms with E-state index in [0.717, 1.165) is 42.6 Å². The molecule has 1 N–H and O–H groups in total. The van der Waals surface area contributed by atoms with E-state index in [1.165, 1.54) is 30.0 Å². The highest BCUT2D eigenvalue weighted by atomic mass is 16.2. The van der Waals surface area contributed by atoms with Crippen LogP contribution in [0.1, 0.15) is 57.9 Å². The van der Waals surface area contributed by atoms with Crippen molar-refractivity contribution in [1.82, 2.24) is 10.2 Å². The fraction of sp³-hybridized carbons (Fsp3) is 0.571. The average molecular weight is 433 g/mol. The second kappa shape index (κ2) is 8.20. The number of carbonyl (C=O) groups is 2. The van der Waals surface area contributed by atoms with Crippen molar-refractivity contribution in [3.8, 4) is 0 Å². The highest BCUT2D eigenvalue weighted by Crippen LogP contribution is 2.60. The summed E-state index contributed by atoms with van der Waals surface area (Å²) in [5.74, 6) is 2.36. The van der Waals surface area contributed by atoms with Crippen LogP contribution in [0.15, 0.2) is 42.5 Å². The summed E-state index contributed by atoms with van der Waals surface area (Å²) < 4.78 is 0. The molecule has 4 bridgehead atoms. The van der Waals surface area contributed by atoms with Gasteiger partial charge in [0.1, 0.15) is 6.04 Å². The summed E-state index contributed by atoms with van der Waals surface area (Å²) in [6.45, 7) is 4.61. The quantitative estimate of drug-likeness (QED) is 0.686. The molecular weight excluding hydrogens is 396 g/mol. The van der Waals surface area contributed by atoms with Crippen molar-refractivity contribution in [2.24, 2.45) is 29.1 Å². The Hall–Kier alpha value is -2.36. The van der Waals surface area contributed by atoms with E-state index >= 15 is 0 Å². The molecule has 4 aliphatic carbocycles. The molecule has 2 aromatic rings. The SMILES string of the molecule is CC(C)C(NC(=O)C12CC3CC(CC(C3)C1)C2)C(=O)N(C)Cc1ccc2ccccc2c1. The lowest BCUT2D eigenvalue weighted by molar-refractivity contribution is -0.150. The first-order valence-electron chi connectivity index (χ1n) is 12.4. The fourth-order valence-corrected chi connectivity index (χ4v) is 7.12. The smallest absolute Gasteiger partial charge is 0.245 e. The van der Waals surface area contributed by atoms with Gasteiger partial charge in [-0.15, -0.1) is 0 Å². The molecule has 1 unspecified atom stereocenters. The van der Waals surface area contributed by atoms with Crippen molar-refractivity contribution < 1.29 is 9.59 Å². The predicted molar refractivity (Wildman–Crippen MR) is 128 cm³/mol. The van der Waals surface area contributed by atoms with E-state index in [-0.39, 0.29) is 23.1 Å². The summed E-state index contributed by atoms with van der Waals surface area (Å²) in [7, 11) is 1.85. The number of carbonyl (C=O) groups excluding carboxylic acids is 2. The predicted octanol–water partition coefficient (Wildman–Crippen LogP) is 5.16. The van der Waals surface area contributed by atoms with Gasteiger partial charge in [0.15, 0.2) is 0 Å². The van der Waals surface area contributed by atoms with Crippen LogP contribution in [0.5, 0.6) is 0 Å². The van der Waals surface area contributed by atoms with Gasteiger partial charge < -0.3 is 10.2 Å². The highest BCUT2D eigenvalue weighted by Gasteiger charge is 2.55. The van der Waals surface area contributed by atoms with Crippen LogP contribution in [-0.4, -0.2) is 29.8 Å². The van der Waals surface area contributed by atoms with Crippen LogP contribution < -0.4 is 5.32 Å². The molecule has 170 valence electrons. The van der Waals surface area contributed by atoms with E-state index in [1.807, 2.05) is 33.0 Å². The molecule has 0 spiro atoms. The Bertz CT molecular complexity index is 992. The summed E-state index contributed by atoms with van der Waals surface area (Å²) in [4.78, 5) is 28.8. The van der Waals surface area contributed by atoms with Gasteiger partial charge >= 0.3 is 0 Å². The van der Waals surface area contributed by atoms with Gasteiger partial charge in [-0.2, -0.15) is 0 Å². The van der Waals surface area contributed by atoms with Gasteiger partial charge in [0.2, 0.25) is 11.8 Å². The third kappa shape index (κ3) is 3.93. The maximum absolute atomic E-state index is 13.6. The zero-order valence-electron chi connectivity index (χ0n) is 19.6. The Balaban J connectivity index is 1.28. The molecule has 0 aliphatic heterocycles. The van der Waals surface area contributed by atoms with Crippen LogP contribution in [0, 0.1) is 29.1 Å². The van der Waals surface area contributed by atoms with Crippen molar-refractivity contribution in [2.75, 3.05) is 7.05 Å². The van der Waals surface area contributed by atoms with Crippen molar-refractivity contribution in [1.29, 1.82) is 0 Å². The number of hydrogen-bond donors (Lipinski definition) is 1. The van der Waals surface area contributed by atoms with E-state index in [4.69, 9.17) is 0 Å². The topological polar surface area (TPSA) is 49.4 Å². The van der Waals surface area contributed by atoms with E-state index in [2.05, 4.69) is 35.6 Å². The minimum absolute atomic E-state index is 0.00577. The molecule has 2 aromatic carbocycles. The molecule has 0 saturated heterocycles. The Labute approximate surface area is 191 Å². The van der Waals surface area contributed by atoms with Gasteiger partial charge in [-0.3, -0.25) is 9.59 Å². The van der Waals surface area contributed by atoms with Gasteiger partial charge in [0, 0.05) is 19.0 Å². The monoisotopic (exact) mass is 432 g/mol. The second-order valence-electron chi connectivity index (χ2n) is 11.3. The Morgan fingerprint density at radius 1 is 0.969 bits per heavy atom. The fourth-order valence-electron chi connectivity index (χ4n) is 7.12. The molecule has 0 aromatic heterocycles. The zero-order chi connectivity index (χ0) is 22.5. The molecule has 4 nitrogen and oxygen atoms in total. The summed E-state index contributed by atoms with van der Waals surface area (Å²) >= 11 is 0. The number of fused-ring (bicyclic) bond motifs is 1. The van der Waals surface area contributed by atoms with Crippen molar-refractivity contribution >= 4 is 22.6 Å². The maximum Gasteiger partial charge on any atom is 0.245 e. The molecule has 32 heavy (non-hydrogen) atoms. The largest absolute Gasteiger partial charge is 0.344 e. The zero-order valence-corrected chi connectivity index (χ0v) is 19.6. The summed E-state index contributed by atoms with van der Waals surface area (Å²) in [6.07, 6.45) is 7.01. The first-order chi connectivity index (χ1) is 15.3. The number of nitrogens with zero attached hydrogens (tertiary/aromatic N) is 1. The van der Waals surface area contributed by atoms with Crippen LogP contribution in [-0.2, 0) is 16.1 Å². The molecule has 4 heteroatoms. The number of nitrogens with one attached hydrogen (secondary N) is 1. The van der Waals surface area contributed by atoms with Crippen LogP contribution in [0.4, 0.5) is 0 Å². The van der Waals surface area contributed by atoms with Gasteiger partial charge in [0.05, 0.1) is 0 Å². The lowest BCUT2D eigenvalue weighted by Crippen LogP contribution is -2.58. The van der Waals surface area contributed by atoms with Gasteiger partial charge in [-0.1, -0.05) is 50.2 Å². The van der Waals surface area contributed by atoms with E-state index < -0.39 is 6.04 Å². The maximum atomic E-state index is 13.6. The van der Waals surface area contributed by atoms with Crippen LogP contribution >= 0.6 is 0 Å². The second-order valence-corrected chi connectivity index (χ2v) is 11.3. The van der Waals surface area contributed by atoms with Crippen molar-refractivity contribution in [3.05, 3.63) is 48.0 Å². The third-order valence-corrected chi connectivity index (χ3v) is 8.35. The molecule has 4 fully saturated rings. The standard InChI is InChI=1S/C28H36N2O2/c1-18(2)25(29-27(32)28-14-20-10-21(15-28)12-22(11-20)16-28)26(31)30(3)17-19-8-9-23-6-4-5-7-24(23)13-19/h4-9,13,18,20-22,25H,10-12,14-17H2,1-3H3,(H,29,32). The minimum atomic E-state index is -0.471. The summed E-state index contributed by atoms with van der Waals surface area (Å²) in [6, 6.07) is 14.2. The number of amides is 2. The van der Waals surface area contributed by atoms with E-state index in [9.17, 15) is 9.59 Å². The van der Waals surface area contributed by atoms with Gasteiger partial charge in [0.25, 0.3) is 0 Å². The minimum Gasteiger partial charge on any atom is -0.344 e. The van der Waals surface area contributed by atoms with Crippen LogP contribution in [0.3, 0.4) is 0 Å². The molecule has 6 rings (SSSR count). The highest BCUT2D eigenvalue weighted by molar-refractivity contribution is 5.90. The van der Waals surface area contributed by atoms with Gasteiger partial charge in [-0.25, -0.2) is 0 Å². The average Bonchev–Trinajstić information content (AvgIpc) is 2.75.